The van der Waals surface area contributed by atoms with Crippen molar-refractivity contribution >= 4 is 17.4 Å². The molecular formula is C14H14F3N3S. The van der Waals surface area contributed by atoms with Gasteiger partial charge in [0, 0.05) is 30.1 Å². The third-order valence-electron chi connectivity index (χ3n) is 3.43. The van der Waals surface area contributed by atoms with E-state index in [9.17, 15) is 13.2 Å². The van der Waals surface area contributed by atoms with Crippen LogP contribution in [-0.4, -0.2) is 27.4 Å². The van der Waals surface area contributed by atoms with Crippen LogP contribution < -0.4 is 5.32 Å². The Bertz CT molecular complexity index is 637. The Morgan fingerprint density at radius 1 is 1.33 bits per heavy atom. The Morgan fingerprint density at radius 2 is 2.19 bits per heavy atom. The largest absolute Gasteiger partial charge is 0.441 e. The van der Waals surface area contributed by atoms with Crippen molar-refractivity contribution in [1.29, 1.82) is 0 Å². The summed E-state index contributed by atoms with van der Waals surface area (Å²) in [5, 5.41) is 3.34. The van der Waals surface area contributed by atoms with Crippen LogP contribution in [0, 0.1) is 0 Å². The summed E-state index contributed by atoms with van der Waals surface area (Å²) in [7, 11) is 0. The van der Waals surface area contributed by atoms with E-state index in [4.69, 9.17) is 0 Å². The molecule has 21 heavy (non-hydrogen) atoms. The van der Waals surface area contributed by atoms with Gasteiger partial charge in [-0.05, 0) is 23.7 Å². The lowest BCUT2D eigenvalue weighted by molar-refractivity contribution is -0.0328. The van der Waals surface area contributed by atoms with Gasteiger partial charge in [0.1, 0.15) is 0 Å². The number of anilines is 1. The van der Waals surface area contributed by atoms with Crippen molar-refractivity contribution in [1.82, 2.24) is 9.55 Å². The summed E-state index contributed by atoms with van der Waals surface area (Å²) in [5.41, 5.74) is -0.0211. The minimum atomic E-state index is -4.18. The second kappa shape index (κ2) is 5.63. The van der Waals surface area contributed by atoms with Crippen molar-refractivity contribution in [2.45, 2.75) is 18.5 Å². The molecule has 112 valence electrons. The molecule has 7 heteroatoms. The lowest BCUT2D eigenvalue weighted by Gasteiger charge is -2.12. The molecule has 0 spiro atoms. The van der Waals surface area contributed by atoms with E-state index in [1.807, 2.05) is 12.1 Å². The second-order valence-electron chi connectivity index (χ2n) is 4.78. The van der Waals surface area contributed by atoms with E-state index < -0.39 is 5.51 Å². The lowest BCUT2D eigenvalue weighted by atomic mass is 10.1. The molecule has 0 saturated carbocycles. The third kappa shape index (κ3) is 3.18. The molecular weight excluding hydrogens is 299 g/mol. The Balaban J connectivity index is 1.81. The maximum Gasteiger partial charge on any atom is 0.441 e. The number of benzene rings is 1. The van der Waals surface area contributed by atoms with Gasteiger partial charge in [-0.1, -0.05) is 18.2 Å². The first kappa shape index (κ1) is 14.3. The van der Waals surface area contributed by atoms with Gasteiger partial charge in [-0.2, -0.15) is 13.2 Å². The normalized spacial score (nSPS) is 14.0. The van der Waals surface area contributed by atoms with E-state index in [1.54, 1.807) is 17.1 Å². The molecule has 0 amide bonds. The van der Waals surface area contributed by atoms with Crippen LogP contribution in [0.4, 0.5) is 18.9 Å². The number of imidazole rings is 1. The fourth-order valence-electron chi connectivity index (χ4n) is 2.54. The lowest BCUT2D eigenvalue weighted by Crippen LogP contribution is -2.07. The zero-order valence-electron chi connectivity index (χ0n) is 11.2. The molecule has 1 aromatic heterocycles. The molecule has 0 saturated heterocycles. The molecule has 1 aromatic carbocycles. The van der Waals surface area contributed by atoms with Crippen molar-refractivity contribution in [2.24, 2.45) is 0 Å². The highest BCUT2D eigenvalue weighted by molar-refractivity contribution is 8.00. The number of hydrogen-bond donors (Lipinski definition) is 1. The van der Waals surface area contributed by atoms with Crippen molar-refractivity contribution in [3.8, 4) is 11.3 Å². The number of para-hydroxylation sites is 1. The predicted molar refractivity (Wildman–Crippen MR) is 78.4 cm³/mol. The first-order chi connectivity index (χ1) is 10.0. The predicted octanol–water partition coefficient (Wildman–Crippen LogP) is 3.77. The second-order valence-corrected chi connectivity index (χ2v) is 5.94. The van der Waals surface area contributed by atoms with Gasteiger partial charge >= 0.3 is 5.51 Å². The van der Waals surface area contributed by atoms with Crippen LogP contribution in [-0.2, 0) is 13.0 Å². The summed E-state index contributed by atoms with van der Waals surface area (Å²) in [5.74, 6) is -0.0185. The Kier molecular flexibility index (Phi) is 3.84. The van der Waals surface area contributed by atoms with Gasteiger partial charge in [0.05, 0.1) is 18.2 Å². The van der Waals surface area contributed by atoms with Crippen LogP contribution in [0.25, 0.3) is 11.3 Å². The molecule has 0 bridgehead atoms. The van der Waals surface area contributed by atoms with Crippen LogP contribution in [0.3, 0.4) is 0 Å². The van der Waals surface area contributed by atoms with Crippen molar-refractivity contribution in [2.75, 3.05) is 17.6 Å². The first-order valence-electron chi connectivity index (χ1n) is 6.61. The van der Waals surface area contributed by atoms with Gasteiger partial charge in [-0.15, -0.1) is 0 Å². The number of hydrogen-bond acceptors (Lipinski definition) is 3. The van der Waals surface area contributed by atoms with E-state index in [0.29, 0.717) is 0 Å². The standard InChI is InChI=1S/C14H14F3N3S/c15-14(16,17)21-7-6-20-9-18-8-12(20)11-3-1-2-10-4-5-19-13(10)11/h1-3,8-9,19H,4-7H2. The Hall–Kier alpha value is -1.63. The molecule has 3 nitrogen and oxygen atoms in total. The number of aromatic nitrogens is 2. The van der Waals surface area contributed by atoms with Crippen LogP contribution in [0.5, 0.6) is 0 Å². The molecule has 0 aliphatic carbocycles. The fraction of sp³-hybridized carbons (Fsp3) is 0.357. The highest BCUT2D eigenvalue weighted by Crippen LogP contribution is 2.35. The van der Waals surface area contributed by atoms with Crippen molar-refractivity contribution < 1.29 is 13.2 Å². The number of nitrogens with one attached hydrogen (secondary N) is 1. The van der Waals surface area contributed by atoms with E-state index in [0.717, 1.165) is 29.9 Å². The minimum Gasteiger partial charge on any atom is -0.384 e. The third-order valence-corrected chi connectivity index (χ3v) is 4.15. The van der Waals surface area contributed by atoms with Crippen LogP contribution in [0.2, 0.25) is 0 Å². The van der Waals surface area contributed by atoms with Crippen LogP contribution >= 0.6 is 11.8 Å². The number of rotatable bonds is 4. The van der Waals surface area contributed by atoms with Crippen LogP contribution in [0.15, 0.2) is 30.7 Å². The fourth-order valence-corrected chi connectivity index (χ4v) is 3.06. The monoisotopic (exact) mass is 313 g/mol. The molecule has 0 fully saturated rings. The van der Waals surface area contributed by atoms with E-state index >= 15 is 0 Å². The average molecular weight is 313 g/mol. The van der Waals surface area contributed by atoms with Gasteiger partial charge in [-0.25, -0.2) is 4.98 Å². The highest BCUT2D eigenvalue weighted by atomic mass is 32.2. The maximum atomic E-state index is 12.2. The minimum absolute atomic E-state index is 0.00309. The molecule has 2 aromatic rings. The number of thioether (sulfide) groups is 1. The molecule has 1 aliphatic heterocycles. The summed E-state index contributed by atoms with van der Waals surface area (Å²) in [6.45, 7) is 1.17. The van der Waals surface area contributed by atoms with Gasteiger partial charge in [0.2, 0.25) is 0 Å². The van der Waals surface area contributed by atoms with E-state index in [2.05, 4.69) is 16.4 Å². The number of alkyl halides is 3. The van der Waals surface area contributed by atoms with Gasteiger partial charge in [0.15, 0.2) is 0 Å². The number of halogens is 3. The Morgan fingerprint density at radius 3 is 3.00 bits per heavy atom. The maximum absolute atomic E-state index is 12.2. The molecule has 1 N–H and O–H groups in total. The summed E-state index contributed by atoms with van der Waals surface area (Å²) in [4.78, 5) is 4.08. The van der Waals surface area contributed by atoms with Gasteiger partial charge in [-0.3, -0.25) is 0 Å². The summed E-state index contributed by atoms with van der Waals surface area (Å²) < 4.78 is 38.4. The first-order valence-corrected chi connectivity index (χ1v) is 7.60. The summed E-state index contributed by atoms with van der Waals surface area (Å²) in [6, 6.07) is 6.02. The molecule has 3 rings (SSSR count). The number of nitrogens with zero attached hydrogens (tertiary/aromatic N) is 2. The number of fused-ring (bicyclic) bond motifs is 1. The molecule has 2 heterocycles. The topological polar surface area (TPSA) is 29.9 Å². The van der Waals surface area contributed by atoms with Crippen LogP contribution in [0.1, 0.15) is 5.56 Å². The molecule has 0 unspecified atom stereocenters. The quantitative estimate of drug-likeness (QED) is 0.932. The molecule has 0 radical (unpaired) electrons. The molecule has 0 atom stereocenters. The van der Waals surface area contributed by atoms with Gasteiger partial charge < -0.3 is 9.88 Å². The van der Waals surface area contributed by atoms with Gasteiger partial charge in [0.25, 0.3) is 0 Å². The average Bonchev–Trinajstić information content (AvgIpc) is 3.04. The molecule has 1 aliphatic rings. The van der Waals surface area contributed by atoms with E-state index in [-0.39, 0.29) is 24.1 Å². The van der Waals surface area contributed by atoms with E-state index in [1.165, 1.54) is 5.56 Å². The Labute approximate surface area is 124 Å². The zero-order valence-corrected chi connectivity index (χ0v) is 12.0. The highest BCUT2D eigenvalue weighted by Gasteiger charge is 2.27. The van der Waals surface area contributed by atoms with Crippen molar-refractivity contribution in [3.05, 3.63) is 36.3 Å². The van der Waals surface area contributed by atoms with Crippen molar-refractivity contribution in [3.63, 3.8) is 0 Å². The number of aryl methyl sites for hydroxylation is 1. The smallest absolute Gasteiger partial charge is 0.384 e. The zero-order chi connectivity index (χ0) is 14.9. The summed E-state index contributed by atoms with van der Waals surface area (Å²) >= 11 is -0.00309. The SMILES string of the molecule is FC(F)(F)SCCn1cncc1-c1cccc2c1NCC2. The summed E-state index contributed by atoms with van der Waals surface area (Å²) in [6.07, 6.45) is 4.26.